The van der Waals surface area contributed by atoms with Crippen molar-refractivity contribution in [3.63, 3.8) is 0 Å². The van der Waals surface area contributed by atoms with Crippen molar-refractivity contribution in [1.82, 2.24) is 0 Å². The molecule has 0 heterocycles. The Balaban J connectivity index is 2.84. The van der Waals surface area contributed by atoms with E-state index in [9.17, 15) is 4.79 Å². The summed E-state index contributed by atoms with van der Waals surface area (Å²) in [5.74, 6) is 0.364. The van der Waals surface area contributed by atoms with Gasteiger partial charge >= 0.3 is 5.97 Å². The Bertz CT molecular complexity index is 420. The van der Waals surface area contributed by atoms with E-state index >= 15 is 0 Å². The van der Waals surface area contributed by atoms with Gasteiger partial charge in [-0.25, -0.2) is 0 Å². The van der Waals surface area contributed by atoms with Crippen molar-refractivity contribution in [2.75, 3.05) is 7.11 Å². The van der Waals surface area contributed by atoms with Crippen LogP contribution in [-0.4, -0.2) is 24.3 Å². The molecule has 1 N–H and O–H groups in total. The van der Waals surface area contributed by atoms with Crippen molar-refractivity contribution in [3.05, 3.63) is 21.1 Å². The zero-order chi connectivity index (χ0) is 13.0. The summed E-state index contributed by atoms with van der Waals surface area (Å²) in [4.78, 5) is 10.5. The molecule has 0 fully saturated rings. The Morgan fingerprint density at radius 3 is 2.41 bits per heavy atom. The van der Waals surface area contributed by atoms with Crippen LogP contribution in [0.3, 0.4) is 0 Å². The van der Waals surface area contributed by atoms with Crippen molar-refractivity contribution >= 4 is 37.8 Å². The van der Waals surface area contributed by atoms with Gasteiger partial charge in [0.2, 0.25) is 0 Å². The summed E-state index contributed by atoms with van der Waals surface area (Å²) in [5, 5.41) is 8.65. The third-order valence-electron chi connectivity index (χ3n) is 2.00. The molecule has 0 spiro atoms. The number of carbonyl (C=O) groups is 1. The molecule has 17 heavy (non-hydrogen) atoms. The summed E-state index contributed by atoms with van der Waals surface area (Å²) in [6, 6.07) is 3.49. The average Bonchev–Trinajstić information content (AvgIpc) is 2.21. The third-order valence-corrected chi connectivity index (χ3v) is 3.24. The summed E-state index contributed by atoms with van der Waals surface area (Å²) in [7, 11) is 1.57. The van der Waals surface area contributed by atoms with E-state index in [0.29, 0.717) is 11.5 Å². The molecule has 0 saturated heterocycles. The average molecular weight is 368 g/mol. The van der Waals surface area contributed by atoms with Crippen LogP contribution in [-0.2, 0) is 4.79 Å². The SMILES string of the molecule is COc1cc(Br)c(O[C@@H](C)CC(=O)O)cc1Br. The monoisotopic (exact) mass is 366 g/mol. The smallest absolute Gasteiger partial charge is 0.307 e. The van der Waals surface area contributed by atoms with E-state index in [1.807, 2.05) is 0 Å². The number of rotatable bonds is 5. The Morgan fingerprint density at radius 1 is 1.35 bits per heavy atom. The number of carboxylic acids is 1. The van der Waals surface area contributed by atoms with Crippen molar-refractivity contribution in [2.45, 2.75) is 19.4 Å². The van der Waals surface area contributed by atoms with Gasteiger partial charge in [-0.2, -0.15) is 0 Å². The first-order valence-electron chi connectivity index (χ1n) is 4.85. The van der Waals surface area contributed by atoms with Gasteiger partial charge in [-0.05, 0) is 50.9 Å². The highest BCUT2D eigenvalue weighted by Crippen LogP contribution is 2.36. The highest BCUT2D eigenvalue weighted by atomic mass is 79.9. The van der Waals surface area contributed by atoms with Crippen molar-refractivity contribution in [3.8, 4) is 11.5 Å². The summed E-state index contributed by atoms with van der Waals surface area (Å²) >= 11 is 6.68. The van der Waals surface area contributed by atoms with Gasteiger partial charge in [0.05, 0.1) is 22.5 Å². The normalized spacial score (nSPS) is 12.0. The molecule has 0 unspecified atom stereocenters. The third kappa shape index (κ3) is 4.20. The number of benzene rings is 1. The van der Waals surface area contributed by atoms with E-state index in [1.54, 1.807) is 26.2 Å². The molecule has 0 aliphatic carbocycles. The minimum atomic E-state index is -0.888. The van der Waals surface area contributed by atoms with Crippen LogP contribution in [0.15, 0.2) is 21.1 Å². The van der Waals surface area contributed by atoms with Crippen molar-refractivity contribution in [2.24, 2.45) is 0 Å². The fraction of sp³-hybridized carbons (Fsp3) is 0.364. The predicted molar refractivity (Wildman–Crippen MR) is 70.7 cm³/mol. The van der Waals surface area contributed by atoms with E-state index in [1.165, 1.54) is 0 Å². The fourth-order valence-corrected chi connectivity index (χ4v) is 2.16. The number of aliphatic carboxylic acids is 1. The van der Waals surface area contributed by atoms with Crippen LogP contribution in [0.4, 0.5) is 0 Å². The molecule has 4 nitrogen and oxygen atoms in total. The molecule has 0 bridgehead atoms. The van der Waals surface area contributed by atoms with Gasteiger partial charge in [0.15, 0.2) is 0 Å². The maximum atomic E-state index is 10.5. The van der Waals surface area contributed by atoms with Crippen molar-refractivity contribution in [1.29, 1.82) is 0 Å². The van der Waals surface area contributed by atoms with Crippen LogP contribution in [0.1, 0.15) is 13.3 Å². The zero-order valence-electron chi connectivity index (χ0n) is 9.37. The number of hydrogen-bond acceptors (Lipinski definition) is 3. The maximum absolute atomic E-state index is 10.5. The summed E-state index contributed by atoms with van der Waals surface area (Å²) < 4.78 is 12.1. The Labute approximate surface area is 116 Å². The van der Waals surface area contributed by atoms with E-state index in [-0.39, 0.29) is 6.42 Å². The first kappa shape index (κ1) is 14.3. The highest BCUT2D eigenvalue weighted by Gasteiger charge is 2.13. The summed E-state index contributed by atoms with van der Waals surface area (Å²) in [5.41, 5.74) is 0. The highest BCUT2D eigenvalue weighted by molar-refractivity contribution is 9.11. The van der Waals surface area contributed by atoms with Crippen LogP contribution >= 0.6 is 31.9 Å². The molecule has 0 aliphatic rings. The van der Waals surface area contributed by atoms with E-state index in [2.05, 4.69) is 31.9 Å². The second kappa shape index (κ2) is 6.26. The number of carboxylic acid groups (broad SMARTS) is 1. The lowest BCUT2D eigenvalue weighted by Gasteiger charge is -2.15. The lowest BCUT2D eigenvalue weighted by atomic mass is 10.2. The van der Waals surface area contributed by atoms with Crippen LogP contribution in [0.25, 0.3) is 0 Å². The van der Waals surface area contributed by atoms with E-state index in [4.69, 9.17) is 14.6 Å². The zero-order valence-corrected chi connectivity index (χ0v) is 12.5. The number of ether oxygens (including phenoxy) is 2. The van der Waals surface area contributed by atoms with E-state index < -0.39 is 12.1 Å². The topological polar surface area (TPSA) is 55.8 Å². The van der Waals surface area contributed by atoms with Crippen LogP contribution < -0.4 is 9.47 Å². The second-order valence-electron chi connectivity index (χ2n) is 3.44. The molecule has 0 aromatic heterocycles. The lowest BCUT2D eigenvalue weighted by molar-refractivity contribution is -0.138. The lowest BCUT2D eigenvalue weighted by Crippen LogP contribution is -2.16. The summed E-state index contributed by atoms with van der Waals surface area (Å²) in [6.45, 7) is 1.71. The molecule has 1 rings (SSSR count). The van der Waals surface area contributed by atoms with Gasteiger partial charge in [-0.1, -0.05) is 0 Å². The predicted octanol–water partition coefficient (Wildman–Crippen LogP) is 3.46. The standard InChI is InChI=1S/C11H12Br2O4/c1-6(3-11(14)15)17-10-5-7(12)9(16-2)4-8(10)13/h4-6H,3H2,1-2H3,(H,14,15)/t6-/m0/s1. The maximum Gasteiger partial charge on any atom is 0.307 e. The van der Waals surface area contributed by atoms with Gasteiger partial charge in [0, 0.05) is 0 Å². The number of halogens is 2. The first-order valence-corrected chi connectivity index (χ1v) is 6.44. The van der Waals surface area contributed by atoms with Gasteiger partial charge < -0.3 is 14.6 Å². The largest absolute Gasteiger partial charge is 0.496 e. The van der Waals surface area contributed by atoms with Gasteiger partial charge in [-0.15, -0.1) is 0 Å². The quantitative estimate of drug-likeness (QED) is 0.865. The molecule has 6 heteroatoms. The molecule has 1 aromatic carbocycles. The Morgan fingerprint density at radius 2 is 1.88 bits per heavy atom. The minimum Gasteiger partial charge on any atom is -0.496 e. The van der Waals surface area contributed by atoms with Gasteiger partial charge in [0.25, 0.3) is 0 Å². The fourth-order valence-electron chi connectivity index (χ4n) is 1.26. The van der Waals surface area contributed by atoms with Crippen LogP contribution in [0.2, 0.25) is 0 Å². The molecule has 94 valence electrons. The number of hydrogen-bond donors (Lipinski definition) is 1. The molecule has 0 aliphatic heterocycles. The van der Waals surface area contributed by atoms with Crippen LogP contribution in [0.5, 0.6) is 11.5 Å². The van der Waals surface area contributed by atoms with Gasteiger partial charge in [0.1, 0.15) is 17.6 Å². The Kier molecular flexibility index (Phi) is 5.27. The number of methoxy groups -OCH3 is 1. The first-order chi connectivity index (χ1) is 7.93. The molecule has 0 radical (unpaired) electrons. The molecule has 1 aromatic rings. The summed E-state index contributed by atoms with van der Waals surface area (Å²) in [6.07, 6.45) is -0.445. The van der Waals surface area contributed by atoms with Crippen molar-refractivity contribution < 1.29 is 19.4 Å². The molecule has 0 amide bonds. The molecular weight excluding hydrogens is 356 g/mol. The minimum absolute atomic E-state index is 0.0455. The molecular formula is C11H12Br2O4. The van der Waals surface area contributed by atoms with E-state index in [0.717, 1.165) is 8.95 Å². The molecule has 1 atom stereocenters. The van der Waals surface area contributed by atoms with Gasteiger partial charge in [-0.3, -0.25) is 4.79 Å². The molecule has 0 saturated carbocycles. The van der Waals surface area contributed by atoms with Crippen LogP contribution in [0, 0.1) is 0 Å². The Hall–Kier alpha value is -0.750. The second-order valence-corrected chi connectivity index (χ2v) is 5.15.